The van der Waals surface area contributed by atoms with E-state index in [-0.39, 0.29) is 5.91 Å². The van der Waals surface area contributed by atoms with Gasteiger partial charge in [-0.05, 0) is 18.1 Å². The van der Waals surface area contributed by atoms with Crippen molar-refractivity contribution in [2.75, 3.05) is 7.05 Å². The van der Waals surface area contributed by atoms with E-state index in [4.69, 9.17) is 0 Å². The smallest absolute Gasteiger partial charge is 0.254 e. The summed E-state index contributed by atoms with van der Waals surface area (Å²) in [4.78, 5) is 14.1. The average molecular weight is 243 g/mol. The Morgan fingerprint density at radius 2 is 2.17 bits per heavy atom. The molecule has 0 fully saturated rings. The average Bonchev–Trinajstić information content (AvgIpc) is 2.90. The first-order valence-corrected chi connectivity index (χ1v) is 6.03. The number of rotatable bonds is 4. The van der Waals surface area contributed by atoms with E-state index in [1.807, 2.05) is 31.3 Å². The summed E-state index contributed by atoms with van der Waals surface area (Å²) >= 11 is 0. The number of nitrogens with one attached hydrogen (secondary N) is 1. The maximum Gasteiger partial charge on any atom is 0.254 e. The quantitative estimate of drug-likeness (QED) is 0.895. The number of nitrogens with zero attached hydrogens (tertiary/aromatic N) is 2. The minimum atomic E-state index is 0.0497. The summed E-state index contributed by atoms with van der Waals surface area (Å²) in [6.45, 7) is 2.62. The summed E-state index contributed by atoms with van der Waals surface area (Å²) in [6.07, 6.45) is 4.40. The maximum atomic E-state index is 12.3. The number of H-pyrrole nitrogens is 1. The number of carbonyl (C=O) groups excluding carboxylic acids is 1. The van der Waals surface area contributed by atoms with Crippen LogP contribution in [0, 0.1) is 0 Å². The molecule has 0 aliphatic heterocycles. The van der Waals surface area contributed by atoms with Gasteiger partial charge in [-0.1, -0.05) is 25.1 Å². The van der Waals surface area contributed by atoms with Gasteiger partial charge >= 0.3 is 0 Å². The highest BCUT2D eigenvalue weighted by Gasteiger charge is 2.14. The van der Waals surface area contributed by atoms with Crippen LogP contribution in [0.4, 0.5) is 0 Å². The van der Waals surface area contributed by atoms with Crippen molar-refractivity contribution in [3.63, 3.8) is 0 Å². The molecule has 2 rings (SSSR count). The molecule has 0 unspecified atom stereocenters. The van der Waals surface area contributed by atoms with Crippen LogP contribution in [0.1, 0.15) is 28.4 Å². The lowest BCUT2D eigenvalue weighted by atomic mass is 10.0. The summed E-state index contributed by atoms with van der Waals surface area (Å²) in [6, 6.07) is 7.75. The molecule has 0 aliphatic rings. The second-order valence-electron chi connectivity index (χ2n) is 4.28. The number of hydrogen-bond donors (Lipinski definition) is 1. The van der Waals surface area contributed by atoms with Crippen molar-refractivity contribution in [2.24, 2.45) is 0 Å². The van der Waals surface area contributed by atoms with Gasteiger partial charge in [0.1, 0.15) is 0 Å². The number of carbonyl (C=O) groups is 1. The van der Waals surface area contributed by atoms with Crippen LogP contribution in [-0.4, -0.2) is 28.1 Å². The molecule has 1 amide bonds. The molecule has 1 heterocycles. The summed E-state index contributed by atoms with van der Waals surface area (Å²) in [5.41, 5.74) is 2.87. The van der Waals surface area contributed by atoms with Gasteiger partial charge in [-0.15, -0.1) is 0 Å². The predicted molar refractivity (Wildman–Crippen MR) is 70.2 cm³/mol. The van der Waals surface area contributed by atoms with E-state index in [9.17, 15) is 4.79 Å². The lowest BCUT2D eigenvalue weighted by Crippen LogP contribution is -2.26. The number of aromatic amines is 1. The van der Waals surface area contributed by atoms with Crippen LogP contribution in [0.2, 0.25) is 0 Å². The number of benzene rings is 1. The second-order valence-corrected chi connectivity index (χ2v) is 4.28. The fourth-order valence-corrected chi connectivity index (χ4v) is 1.95. The zero-order chi connectivity index (χ0) is 13.0. The molecule has 0 aliphatic carbocycles. The van der Waals surface area contributed by atoms with Gasteiger partial charge < -0.3 is 4.90 Å². The first-order chi connectivity index (χ1) is 8.72. The highest BCUT2D eigenvalue weighted by Crippen LogP contribution is 2.13. The molecule has 0 atom stereocenters. The summed E-state index contributed by atoms with van der Waals surface area (Å²) < 4.78 is 0. The van der Waals surface area contributed by atoms with Gasteiger partial charge in [0.25, 0.3) is 5.91 Å². The van der Waals surface area contributed by atoms with Crippen LogP contribution < -0.4 is 0 Å². The highest BCUT2D eigenvalue weighted by molar-refractivity contribution is 5.95. The van der Waals surface area contributed by atoms with Crippen molar-refractivity contribution in [3.05, 3.63) is 53.3 Å². The zero-order valence-electron chi connectivity index (χ0n) is 10.7. The third kappa shape index (κ3) is 2.59. The minimum Gasteiger partial charge on any atom is -0.337 e. The lowest BCUT2D eigenvalue weighted by molar-refractivity contribution is 0.0784. The molecule has 94 valence electrons. The number of amides is 1. The van der Waals surface area contributed by atoms with Crippen molar-refractivity contribution in [1.82, 2.24) is 15.1 Å². The Kier molecular flexibility index (Phi) is 3.77. The molecule has 2 aromatic rings. The third-order valence-corrected chi connectivity index (χ3v) is 2.95. The van der Waals surface area contributed by atoms with E-state index in [1.54, 1.807) is 17.3 Å². The molecule has 18 heavy (non-hydrogen) atoms. The molecule has 1 N–H and O–H groups in total. The Morgan fingerprint density at radius 3 is 2.83 bits per heavy atom. The van der Waals surface area contributed by atoms with Gasteiger partial charge in [0.2, 0.25) is 0 Å². The fraction of sp³-hybridized carbons (Fsp3) is 0.286. The Balaban J connectivity index is 2.15. The largest absolute Gasteiger partial charge is 0.337 e. The van der Waals surface area contributed by atoms with Crippen molar-refractivity contribution < 1.29 is 4.79 Å². The topological polar surface area (TPSA) is 49.0 Å². The second kappa shape index (κ2) is 5.49. The summed E-state index contributed by atoms with van der Waals surface area (Å²) in [7, 11) is 1.81. The molecule has 1 aromatic carbocycles. The minimum absolute atomic E-state index is 0.0497. The SMILES string of the molecule is CCc1ccccc1C(=O)N(C)Cc1cn[nH]c1. The third-order valence-electron chi connectivity index (χ3n) is 2.95. The van der Waals surface area contributed by atoms with Crippen LogP contribution in [0.25, 0.3) is 0 Å². The summed E-state index contributed by atoms with van der Waals surface area (Å²) in [5.74, 6) is 0.0497. The predicted octanol–water partition coefficient (Wildman–Crippen LogP) is 2.24. The molecule has 0 bridgehead atoms. The Hall–Kier alpha value is -2.10. The van der Waals surface area contributed by atoms with E-state index < -0.39 is 0 Å². The Labute approximate surface area is 107 Å². The van der Waals surface area contributed by atoms with Gasteiger partial charge in [-0.3, -0.25) is 9.89 Å². The van der Waals surface area contributed by atoms with Crippen LogP contribution in [-0.2, 0) is 13.0 Å². The molecular formula is C14H17N3O. The van der Waals surface area contributed by atoms with Crippen molar-refractivity contribution in [2.45, 2.75) is 19.9 Å². The van der Waals surface area contributed by atoms with Crippen molar-refractivity contribution >= 4 is 5.91 Å². The molecule has 1 aromatic heterocycles. The normalized spacial score (nSPS) is 10.3. The Morgan fingerprint density at radius 1 is 1.39 bits per heavy atom. The first-order valence-electron chi connectivity index (χ1n) is 6.03. The van der Waals surface area contributed by atoms with Gasteiger partial charge in [0.15, 0.2) is 0 Å². The monoisotopic (exact) mass is 243 g/mol. The highest BCUT2D eigenvalue weighted by atomic mass is 16.2. The molecule has 4 nitrogen and oxygen atoms in total. The first kappa shape index (κ1) is 12.4. The molecule has 0 saturated carbocycles. The number of hydrogen-bond acceptors (Lipinski definition) is 2. The molecule has 0 spiro atoms. The van der Waals surface area contributed by atoms with Crippen molar-refractivity contribution in [1.29, 1.82) is 0 Å². The molecule has 0 radical (unpaired) electrons. The van der Waals surface area contributed by atoms with E-state index in [2.05, 4.69) is 17.1 Å². The van der Waals surface area contributed by atoms with Crippen molar-refractivity contribution in [3.8, 4) is 0 Å². The fourth-order valence-electron chi connectivity index (χ4n) is 1.95. The zero-order valence-corrected chi connectivity index (χ0v) is 10.7. The van der Waals surface area contributed by atoms with E-state index in [0.717, 1.165) is 23.1 Å². The summed E-state index contributed by atoms with van der Waals surface area (Å²) in [5, 5.41) is 6.63. The Bertz CT molecular complexity index is 520. The van der Waals surface area contributed by atoms with Crippen LogP contribution in [0.5, 0.6) is 0 Å². The number of aryl methyl sites for hydroxylation is 1. The van der Waals surface area contributed by atoms with Crippen LogP contribution >= 0.6 is 0 Å². The molecule has 4 heteroatoms. The van der Waals surface area contributed by atoms with E-state index in [0.29, 0.717) is 6.54 Å². The lowest BCUT2D eigenvalue weighted by Gasteiger charge is -2.18. The van der Waals surface area contributed by atoms with E-state index in [1.165, 1.54) is 0 Å². The van der Waals surface area contributed by atoms with Gasteiger partial charge in [-0.2, -0.15) is 5.10 Å². The van der Waals surface area contributed by atoms with Crippen LogP contribution in [0.3, 0.4) is 0 Å². The number of aromatic nitrogens is 2. The molecular weight excluding hydrogens is 226 g/mol. The standard InChI is InChI=1S/C14H17N3O/c1-3-12-6-4-5-7-13(12)14(18)17(2)10-11-8-15-16-9-11/h4-9H,3,10H2,1-2H3,(H,15,16). The maximum absolute atomic E-state index is 12.3. The van der Waals surface area contributed by atoms with Gasteiger partial charge in [-0.25, -0.2) is 0 Å². The van der Waals surface area contributed by atoms with E-state index >= 15 is 0 Å². The molecule has 0 saturated heterocycles. The van der Waals surface area contributed by atoms with Gasteiger partial charge in [0, 0.05) is 30.9 Å². The van der Waals surface area contributed by atoms with Crippen LogP contribution in [0.15, 0.2) is 36.7 Å². The van der Waals surface area contributed by atoms with Gasteiger partial charge in [0.05, 0.1) is 6.20 Å².